The second-order valence-corrected chi connectivity index (χ2v) is 14.5. The molecule has 1 aromatic rings. The largest absolute Gasteiger partial charge is 0.413 e. The van der Waals surface area contributed by atoms with Crippen LogP contribution in [0.2, 0.25) is 18.1 Å². The van der Waals surface area contributed by atoms with E-state index < -0.39 is 8.32 Å². The Bertz CT molecular complexity index is 560. The molecule has 160 valence electrons. The van der Waals surface area contributed by atoms with E-state index in [0.29, 0.717) is 18.4 Å². The highest BCUT2D eigenvalue weighted by molar-refractivity contribution is 6.74. The quantitative estimate of drug-likeness (QED) is 0.203. The van der Waals surface area contributed by atoms with Gasteiger partial charge in [-0.3, -0.25) is 0 Å². The number of ether oxygens (including phenoxy) is 1. The summed E-state index contributed by atoms with van der Waals surface area (Å²) in [5, 5.41) is 0.210. The van der Waals surface area contributed by atoms with E-state index in [2.05, 4.69) is 91.1 Å². The van der Waals surface area contributed by atoms with Gasteiger partial charge < -0.3 is 9.16 Å². The summed E-state index contributed by atoms with van der Waals surface area (Å²) in [4.78, 5) is 0. The number of benzene rings is 1. The Hall–Kier alpha value is -0.903. The van der Waals surface area contributed by atoms with Gasteiger partial charge in [0.1, 0.15) is 0 Å². The Labute approximate surface area is 175 Å². The van der Waals surface area contributed by atoms with Crippen molar-refractivity contribution in [1.82, 2.24) is 0 Å². The lowest BCUT2D eigenvalue weighted by atomic mass is 9.93. The fourth-order valence-electron chi connectivity index (χ4n) is 3.03. The van der Waals surface area contributed by atoms with Gasteiger partial charge in [0.05, 0.1) is 19.3 Å². The lowest BCUT2D eigenvalue weighted by molar-refractivity contribution is 0.0194. The van der Waals surface area contributed by atoms with Crippen molar-refractivity contribution in [1.29, 1.82) is 0 Å². The maximum Gasteiger partial charge on any atom is 0.192 e. The van der Waals surface area contributed by atoms with Gasteiger partial charge in [0.25, 0.3) is 0 Å². The van der Waals surface area contributed by atoms with Crippen molar-refractivity contribution in [3.63, 3.8) is 0 Å². The van der Waals surface area contributed by atoms with E-state index in [4.69, 9.17) is 9.16 Å². The second kappa shape index (κ2) is 11.9. The van der Waals surface area contributed by atoms with Crippen LogP contribution in [0.4, 0.5) is 0 Å². The molecular formula is C25H44O2Si. The lowest BCUT2D eigenvalue weighted by Crippen LogP contribution is -2.47. The third-order valence-electron chi connectivity index (χ3n) is 5.97. The van der Waals surface area contributed by atoms with Gasteiger partial charge in [-0.05, 0) is 36.0 Å². The molecule has 0 aliphatic carbocycles. The first-order valence-electron chi connectivity index (χ1n) is 11.0. The molecule has 0 bridgehead atoms. The SMILES string of the molecule is CCCC/C=C\[C@H](C)[C@@H](O[Si](C)(C)C(C)(C)C)[C@@H](C)COCc1ccccc1. The highest BCUT2D eigenvalue weighted by Gasteiger charge is 2.41. The molecule has 0 aliphatic heterocycles. The maximum atomic E-state index is 6.89. The lowest BCUT2D eigenvalue weighted by Gasteiger charge is -2.42. The minimum atomic E-state index is -1.84. The Morgan fingerprint density at radius 2 is 1.71 bits per heavy atom. The van der Waals surface area contributed by atoms with Crippen LogP contribution < -0.4 is 0 Å². The van der Waals surface area contributed by atoms with Crippen LogP contribution in [-0.4, -0.2) is 21.0 Å². The number of hydrogen-bond donors (Lipinski definition) is 0. The van der Waals surface area contributed by atoms with Crippen LogP contribution >= 0.6 is 0 Å². The standard InChI is InChI=1S/C25H44O2Si/c1-9-10-11-13-16-21(2)24(27-28(7,8)25(4,5)6)22(3)19-26-20-23-17-14-12-15-18-23/h12-18,21-22,24H,9-11,19-20H2,1-8H3/b16-13-/t21-,22-,24+/m0/s1. The minimum absolute atomic E-state index is 0.189. The van der Waals surface area contributed by atoms with Gasteiger partial charge in [0.2, 0.25) is 0 Å². The van der Waals surface area contributed by atoms with E-state index in [1.54, 1.807) is 0 Å². The number of unbranched alkanes of at least 4 members (excludes halogenated alkanes) is 2. The van der Waals surface area contributed by atoms with Crippen LogP contribution in [0.5, 0.6) is 0 Å². The zero-order chi connectivity index (χ0) is 21.2. The van der Waals surface area contributed by atoms with Gasteiger partial charge in [0.15, 0.2) is 8.32 Å². The molecule has 0 N–H and O–H groups in total. The summed E-state index contributed by atoms with van der Waals surface area (Å²) in [7, 11) is -1.84. The fourth-order valence-corrected chi connectivity index (χ4v) is 4.51. The zero-order valence-corrected chi connectivity index (χ0v) is 20.6. The molecule has 2 nitrogen and oxygen atoms in total. The molecule has 0 spiro atoms. The fraction of sp³-hybridized carbons (Fsp3) is 0.680. The van der Waals surface area contributed by atoms with Crippen LogP contribution in [-0.2, 0) is 15.8 Å². The molecule has 0 radical (unpaired) electrons. The van der Waals surface area contributed by atoms with Crippen molar-refractivity contribution in [3.8, 4) is 0 Å². The molecule has 0 fully saturated rings. The van der Waals surface area contributed by atoms with Crippen LogP contribution in [0.25, 0.3) is 0 Å². The summed E-state index contributed by atoms with van der Waals surface area (Å²) in [5.41, 5.74) is 1.23. The number of hydrogen-bond acceptors (Lipinski definition) is 2. The summed E-state index contributed by atoms with van der Waals surface area (Å²) in [5.74, 6) is 0.741. The van der Waals surface area contributed by atoms with Crippen molar-refractivity contribution >= 4 is 8.32 Å². The third-order valence-corrected chi connectivity index (χ3v) is 10.4. The Morgan fingerprint density at radius 3 is 2.29 bits per heavy atom. The van der Waals surface area contributed by atoms with Crippen LogP contribution in [0.3, 0.4) is 0 Å². The first-order chi connectivity index (χ1) is 13.1. The van der Waals surface area contributed by atoms with E-state index in [1.165, 1.54) is 18.4 Å². The van der Waals surface area contributed by atoms with Gasteiger partial charge in [0, 0.05) is 5.92 Å². The highest BCUT2D eigenvalue weighted by atomic mass is 28.4. The molecule has 28 heavy (non-hydrogen) atoms. The van der Waals surface area contributed by atoms with Crippen molar-refractivity contribution in [2.24, 2.45) is 11.8 Å². The summed E-state index contributed by atoms with van der Waals surface area (Å²) < 4.78 is 13.0. The summed E-state index contributed by atoms with van der Waals surface area (Å²) in [6.07, 6.45) is 8.55. The van der Waals surface area contributed by atoms with Gasteiger partial charge in [-0.15, -0.1) is 0 Å². The Morgan fingerprint density at radius 1 is 1.07 bits per heavy atom. The third kappa shape index (κ3) is 8.63. The molecule has 0 heterocycles. The zero-order valence-electron chi connectivity index (χ0n) is 19.6. The molecule has 0 saturated heterocycles. The van der Waals surface area contributed by atoms with Gasteiger partial charge >= 0.3 is 0 Å². The molecular weight excluding hydrogens is 360 g/mol. The van der Waals surface area contributed by atoms with Crippen molar-refractivity contribution < 1.29 is 9.16 Å². The molecule has 0 unspecified atom stereocenters. The molecule has 1 rings (SSSR count). The van der Waals surface area contributed by atoms with Crippen LogP contribution in [0, 0.1) is 11.8 Å². The average molecular weight is 405 g/mol. The normalized spacial score (nSPS) is 16.3. The number of allylic oxidation sites excluding steroid dienone is 1. The molecule has 0 amide bonds. The second-order valence-electron chi connectivity index (χ2n) is 9.75. The van der Waals surface area contributed by atoms with E-state index in [-0.39, 0.29) is 11.1 Å². The number of rotatable bonds is 12. The van der Waals surface area contributed by atoms with Crippen LogP contribution in [0.15, 0.2) is 42.5 Å². The van der Waals surface area contributed by atoms with Gasteiger partial charge in [-0.25, -0.2) is 0 Å². The molecule has 0 saturated carbocycles. The minimum Gasteiger partial charge on any atom is -0.413 e. The predicted octanol–water partition coefficient (Wildman–Crippen LogP) is 7.61. The predicted molar refractivity (Wildman–Crippen MR) is 125 cm³/mol. The van der Waals surface area contributed by atoms with Crippen molar-refractivity contribution in [2.45, 2.75) is 91.6 Å². The van der Waals surface area contributed by atoms with E-state index in [0.717, 1.165) is 13.0 Å². The molecule has 0 aromatic heterocycles. The van der Waals surface area contributed by atoms with E-state index in [9.17, 15) is 0 Å². The average Bonchev–Trinajstić information content (AvgIpc) is 2.63. The van der Waals surface area contributed by atoms with E-state index >= 15 is 0 Å². The van der Waals surface area contributed by atoms with Gasteiger partial charge in [-0.2, -0.15) is 0 Å². The summed E-state index contributed by atoms with van der Waals surface area (Å²) in [6, 6.07) is 10.4. The molecule has 3 atom stereocenters. The van der Waals surface area contributed by atoms with Gasteiger partial charge in [-0.1, -0.05) is 96.9 Å². The first-order valence-corrected chi connectivity index (χ1v) is 14.0. The summed E-state index contributed by atoms with van der Waals surface area (Å²) in [6.45, 7) is 19.9. The Kier molecular flexibility index (Phi) is 10.7. The Balaban J connectivity index is 2.78. The highest BCUT2D eigenvalue weighted by Crippen LogP contribution is 2.39. The summed E-state index contributed by atoms with van der Waals surface area (Å²) >= 11 is 0. The van der Waals surface area contributed by atoms with Crippen LogP contribution in [0.1, 0.15) is 66.4 Å². The van der Waals surface area contributed by atoms with Crippen molar-refractivity contribution in [2.75, 3.05) is 6.61 Å². The first kappa shape index (κ1) is 25.1. The van der Waals surface area contributed by atoms with E-state index in [1.807, 2.05) is 6.07 Å². The smallest absolute Gasteiger partial charge is 0.192 e. The molecule has 3 heteroatoms. The monoisotopic (exact) mass is 404 g/mol. The topological polar surface area (TPSA) is 18.5 Å². The van der Waals surface area contributed by atoms with Crippen molar-refractivity contribution in [3.05, 3.63) is 48.0 Å². The molecule has 0 aliphatic rings. The molecule has 1 aromatic carbocycles. The maximum absolute atomic E-state index is 6.89.